The molecule has 5 rings (SSSR count). The lowest BCUT2D eigenvalue weighted by molar-refractivity contribution is -0.384. The van der Waals surface area contributed by atoms with Gasteiger partial charge in [-0.1, -0.05) is 12.1 Å². The van der Waals surface area contributed by atoms with Gasteiger partial charge in [0.15, 0.2) is 0 Å². The molecule has 4 aromatic rings. The van der Waals surface area contributed by atoms with Gasteiger partial charge >= 0.3 is 0 Å². The van der Waals surface area contributed by atoms with Crippen molar-refractivity contribution < 1.29 is 29.3 Å². The van der Waals surface area contributed by atoms with Crippen molar-refractivity contribution >= 4 is 51.0 Å². The molecule has 0 atom stereocenters. The first-order valence-corrected chi connectivity index (χ1v) is 10.7. The number of rotatable bonds is 6. The van der Waals surface area contributed by atoms with Gasteiger partial charge in [0.1, 0.15) is 17.2 Å². The smallest absolute Gasteiger partial charge is 0.294 e. The number of amides is 2. The second-order valence-corrected chi connectivity index (χ2v) is 8.03. The molecule has 12 nitrogen and oxygen atoms in total. The third-order valence-electron chi connectivity index (χ3n) is 5.97. The summed E-state index contributed by atoms with van der Waals surface area (Å²) in [5, 5.41) is 36.2. The van der Waals surface area contributed by atoms with Crippen LogP contribution < -0.4 is 15.0 Å². The molecule has 0 bridgehead atoms. The van der Waals surface area contributed by atoms with E-state index < -0.39 is 27.3 Å². The predicted molar refractivity (Wildman–Crippen MR) is 133 cm³/mol. The molecule has 0 radical (unpaired) electrons. The summed E-state index contributed by atoms with van der Waals surface area (Å²) in [6, 6.07) is 14.8. The molecular formula is C25H16N4O8. The predicted octanol–water partition coefficient (Wildman–Crippen LogP) is 4.91. The van der Waals surface area contributed by atoms with Crippen molar-refractivity contribution in [3.8, 4) is 11.5 Å². The van der Waals surface area contributed by atoms with Crippen LogP contribution >= 0.6 is 0 Å². The Bertz CT molecular complexity index is 1650. The molecule has 37 heavy (non-hydrogen) atoms. The number of aromatic hydroxyl groups is 1. The summed E-state index contributed by atoms with van der Waals surface area (Å²) in [7, 11) is 1.30. The third kappa shape index (κ3) is 3.72. The van der Waals surface area contributed by atoms with Crippen molar-refractivity contribution in [3.63, 3.8) is 0 Å². The minimum atomic E-state index is -0.762. The number of ether oxygens (including phenoxy) is 1. The molecule has 0 spiro atoms. The number of hydrogen-bond acceptors (Lipinski definition) is 9. The average molecular weight is 500 g/mol. The highest BCUT2D eigenvalue weighted by molar-refractivity contribution is 6.37. The Morgan fingerprint density at radius 1 is 0.892 bits per heavy atom. The molecule has 1 heterocycles. The molecule has 1 aliphatic heterocycles. The number of hydrogen-bond donors (Lipinski definition) is 2. The number of nitrogens with one attached hydrogen (secondary N) is 1. The fourth-order valence-corrected chi connectivity index (χ4v) is 4.29. The molecule has 0 unspecified atom stereocenters. The number of nitro benzene ring substituents is 2. The molecule has 0 saturated carbocycles. The van der Waals surface area contributed by atoms with E-state index in [2.05, 4.69) is 5.32 Å². The molecular weight excluding hydrogens is 484 g/mol. The normalized spacial score (nSPS) is 12.5. The first-order chi connectivity index (χ1) is 17.7. The SMILES string of the molecule is COc1cc([N+](=O)[O-])ccc1Nc1c([N+](=O)[O-])cc2c3c(cccc13)C(=O)N(c1ccc(O)cc1)C2=O. The number of phenolic OH excluding ortho intramolecular Hbond substituents is 1. The van der Waals surface area contributed by atoms with E-state index in [1.165, 1.54) is 67.8 Å². The second-order valence-electron chi connectivity index (χ2n) is 8.03. The van der Waals surface area contributed by atoms with Gasteiger partial charge in [0, 0.05) is 28.5 Å². The molecule has 0 saturated heterocycles. The maximum absolute atomic E-state index is 13.5. The number of phenols is 1. The van der Waals surface area contributed by atoms with Crippen LogP contribution in [0.1, 0.15) is 20.7 Å². The number of nitrogens with zero attached hydrogens (tertiary/aromatic N) is 3. The van der Waals surface area contributed by atoms with Crippen molar-refractivity contribution in [1.82, 2.24) is 0 Å². The number of nitro groups is 2. The van der Waals surface area contributed by atoms with E-state index in [9.17, 15) is 34.9 Å². The maximum atomic E-state index is 13.5. The molecule has 0 aliphatic carbocycles. The standard InChI is InChI=1S/C25H16N4O8/c1-37-21-11-14(28(33)34)7-10-19(21)26-23-16-3-2-4-17-22(16)18(12-20(23)29(35)36)25(32)27(24(17)31)13-5-8-15(30)9-6-13/h2-12,26,30H,1H3. The molecule has 0 fully saturated rings. The Balaban J connectivity index is 1.72. The van der Waals surface area contributed by atoms with Crippen LogP contribution in [0.25, 0.3) is 10.8 Å². The number of carbonyl (C=O) groups is 2. The Morgan fingerprint density at radius 2 is 1.59 bits per heavy atom. The monoisotopic (exact) mass is 500 g/mol. The van der Waals surface area contributed by atoms with Crippen molar-refractivity contribution in [2.75, 3.05) is 17.3 Å². The summed E-state index contributed by atoms with van der Waals surface area (Å²) in [6.07, 6.45) is 0. The van der Waals surface area contributed by atoms with Gasteiger partial charge < -0.3 is 15.2 Å². The maximum Gasteiger partial charge on any atom is 0.294 e. The minimum Gasteiger partial charge on any atom is -0.508 e. The van der Waals surface area contributed by atoms with Crippen LogP contribution in [0.3, 0.4) is 0 Å². The van der Waals surface area contributed by atoms with Crippen molar-refractivity contribution in [1.29, 1.82) is 0 Å². The largest absolute Gasteiger partial charge is 0.508 e. The Labute approximate surface area is 207 Å². The second kappa shape index (κ2) is 8.61. The van der Waals surface area contributed by atoms with Crippen LogP contribution in [-0.4, -0.2) is 33.9 Å². The Morgan fingerprint density at radius 3 is 2.24 bits per heavy atom. The van der Waals surface area contributed by atoms with Gasteiger partial charge in [0.25, 0.3) is 23.2 Å². The molecule has 0 aromatic heterocycles. The van der Waals surface area contributed by atoms with E-state index in [0.717, 1.165) is 11.0 Å². The van der Waals surface area contributed by atoms with Gasteiger partial charge in [-0.05, 0) is 36.4 Å². The molecule has 2 amide bonds. The van der Waals surface area contributed by atoms with Gasteiger partial charge in [-0.3, -0.25) is 29.8 Å². The third-order valence-corrected chi connectivity index (χ3v) is 5.97. The van der Waals surface area contributed by atoms with Crippen molar-refractivity contribution in [3.05, 3.63) is 98.1 Å². The first kappa shape index (κ1) is 23.2. The topological polar surface area (TPSA) is 165 Å². The van der Waals surface area contributed by atoms with Crippen LogP contribution in [0.15, 0.2) is 66.7 Å². The van der Waals surface area contributed by atoms with Gasteiger partial charge in [0.2, 0.25) is 0 Å². The number of imide groups is 1. The van der Waals surface area contributed by atoms with Crippen LogP contribution in [0, 0.1) is 20.2 Å². The number of benzene rings is 4. The lowest BCUT2D eigenvalue weighted by atomic mass is 9.91. The summed E-state index contributed by atoms with van der Waals surface area (Å²) >= 11 is 0. The van der Waals surface area contributed by atoms with E-state index in [4.69, 9.17) is 4.74 Å². The Kier molecular flexibility index (Phi) is 5.40. The van der Waals surface area contributed by atoms with Crippen molar-refractivity contribution in [2.24, 2.45) is 0 Å². The first-order valence-electron chi connectivity index (χ1n) is 10.7. The summed E-state index contributed by atoms with van der Waals surface area (Å²) < 4.78 is 5.24. The summed E-state index contributed by atoms with van der Waals surface area (Å²) in [5.41, 5.74) is -0.212. The number of carbonyl (C=O) groups excluding carboxylic acids is 2. The van der Waals surface area contributed by atoms with E-state index in [1.54, 1.807) is 0 Å². The fraction of sp³-hybridized carbons (Fsp3) is 0.0400. The lowest BCUT2D eigenvalue weighted by Gasteiger charge is -2.28. The Hall–Kier alpha value is -5.52. The lowest BCUT2D eigenvalue weighted by Crippen LogP contribution is -2.40. The van der Waals surface area contributed by atoms with Gasteiger partial charge in [-0.25, -0.2) is 4.90 Å². The zero-order chi connectivity index (χ0) is 26.4. The van der Waals surface area contributed by atoms with Gasteiger partial charge in [0.05, 0.1) is 40.0 Å². The van der Waals surface area contributed by atoms with Crippen molar-refractivity contribution in [2.45, 2.75) is 0 Å². The van der Waals surface area contributed by atoms with Crippen LogP contribution in [0.2, 0.25) is 0 Å². The zero-order valence-electron chi connectivity index (χ0n) is 19.0. The van der Waals surface area contributed by atoms with Crippen LogP contribution in [0.5, 0.6) is 11.5 Å². The van der Waals surface area contributed by atoms with E-state index >= 15 is 0 Å². The van der Waals surface area contributed by atoms with E-state index in [1.807, 2.05) is 0 Å². The van der Waals surface area contributed by atoms with E-state index in [-0.39, 0.29) is 56.1 Å². The highest BCUT2D eigenvalue weighted by Crippen LogP contribution is 2.44. The number of non-ortho nitro benzene ring substituents is 1. The summed E-state index contributed by atoms with van der Waals surface area (Å²) in [5.74, 6) is -1.39. The highest BCUT2D eigenvalue weighted by Gasteiger charge is 2.37. The fourth-order valence-electron chi connectivity index (χ4n) is 4.29. The summed E-state index contributed by atoms with van der Waals surface area (Å²) in [4.78, 5) is 49.7. The zero-order valence-corrected chi connectivity index (χ0v) is 19.0. The average Bonchev–Trinajstić information content (AvgIpc) is 2.88. The van der Waals surface area contributed by atoms with E-state index in [0.29, 0.717) is 0 Å². The highest BCUT2D eigenvalue weighted by atomic mass is 16.6. The quantitative estimate of drug-likeness (QED) is 0.212. The summed E-state index contributed by atoms with van der Waals surface area (Å²) in [6.45, 7) is 0. The molecule has 12 heteroatoms. The number of methoxy groups -OCH3 is 1. The van der Waals surface area contributed by atoms with Gasteiger partial charge in [-0.15, -0.1) is 0 Å². The molecule has 1 aliphatic rings. The number of anilines is 3. The molecule has 184 valence electrons. The molecule has 4 aromatic carbocycles. The van der Waals surface area contributed by atoms with Gasteiger partial charge in [-0.2, -0.15) is 0 Å². The minimum absolute atomic E-state index is 0.0172. The van der Waals surface area contributed by atoms with Crippen LogP contribution in [0.4, 0.5) is 28.4 Å². The molecule has 2 N–H and O–H groups in total. The van der Waals surface area contributed by atoms with Crippen LogP contribution in [-0.2, 0) is 0 Å².